The number of hydrogen-bond donors (Lipinski definition) is 5. The van der Waals surface area contributed by atoms with Crippen molar-refractivity contribution >= 4 is 41.3 Å². The second-order valence-electron chi connectivity index (χ2n) is 6.01. The summed E-state index contributed by atoms with van der Waals surface area (Å²) in [6.07, 6.45) is 0. The fourth-order valence-electron chi connectivity index (χ4n) is 2.11. The summed E-state index contributed by atoms with van der Waals surface area (Å²) < 4.78 is 9.96. The Hall–Kier alpha value is -3.52. The third-order valence-corrected chi connectivity index (χ3v) is 3.84. The first-order chi connectivity index (χ1) is 14.2. The Labute approximate surface area is 182 Å². The van der Waals surface area contributed by atoms with Gasteiger partial charge in [-0.05, 0) is 54.6 Å². The van der Waals surface area contributed by atoms with Gasteiger partial charge >= 0.3 is 0 Å². The molecule has 160 valence electrons. The highest BCUT2D eigenvalue weighted by atomic mass is 32.1. The molecule has 0 spiro atoms. The molecule has 0 aromatic heterocycles. The topological polar surface area (TPSA) is 126 Å². The first-order valence-corrected chi connectivity index (χ1v) is 9.35. The number of amides is 1. The summed E-state index contributed by atoms with van der Waals surface area (Å²) in [5.41, 5.74) is 19.2. The number of nitrogens with one attached hydrogen (secondary N) is 1. The summed E-state index contributed by atoms with van der Waals surface area (Å²) in [7, 11) is 3.18. The summed E-state index contributed by atoms with van der Waals surface area (Å²) in [6, 6.07) is 19.7. The Bertz CT molecular complexity index is 913. The molecule has 0 radical (unpaired) electrons. The van der Waals surface area contributed by atoms with Gasteiger partial charge in [0.2, 0.25) is 5.91 Å². The Morgan fingerprint density at radius 3 is 2.03 bits per heavy atom. The molecule has 8 heteroatoms. The maximum absolute atomic E-state index is 10.6. The molecular weight excluding hydrogens is 400 g/mol. The quantitative estimate of drug-likeness (QED) is 0.316. The summed E-state index contributed by atoms with van der Waals surface area (Å²) >= 11 is 4.08. The lowest BCUT2D eigenvalue weighted by Crippen LogP contribution is -2.05. The van der Waals surface area contributed by atoms with E-state index in [1.165, 1.54) is 6.92 Å². The normalized spacial score (nSPS) is 9.20. The Kier molecular flexibility index (Phi) is 10.5. The van der Waals surface area contributed by atoms with Gasteiger partial charge in [0.15, 0.2) is 0 Å². The van der Waals surface area contributed by atoms with E-state index in [1.807, 2.05) is 24.3 Å². The monoisotopic (exact) mass is 428 g/mol. The molecule has 1 amide bonds. The van der Waals surface area contributed by atoms with E-state index >= 15 is 0 Å². The van der Waals surface area contributed by atoms with Gasteiger partial charge in [0.05, 0.1) is 19.9 Å². The van der Waals surface area contributed by atoms with Gasteiger partial charge in [-0.25, -0.2) is 0 Å². The zero-order valence-corrected chi connectivity index (χ0v) is 18.1. The van der Waals surface area contributed by atoms with E-state index in [0.29, 0.717) is 17.1 Å². The van der Waals surface area contributed by atoms with Gasteiger partial charge < -0.3 is 32.0 Å². The fraction of sp³-hybridized carbons (Fsp3) is 0.136. The molecule has 7 N–H and O–H groups in total. The van der Waals surface area contributed by atoms with Gasteiger partial charge in [0.25, 0.3) is 0 Å². The number of anilines is 4. The van der Waals surface area contributed by atoms with Crippen molar-refractivity contribution in [2.75, 3.05) is 36.7 Å². The number of hydrogen-bond acceptors (Lipinski definition) is 7. The molecule has 0 unspecified atom stereocenters. The smallest absolute Gasteiger partial charge is 0.221 e. The maximum atomic E-state index is 10.6. The van der Waals surface area contributed by atoms with E-state index in [0.717, 1.165) is 22.0 Å². The minimum Gasteiger partial charge on any atom is -0.497 e. The van der Waals surface area contributed by atoms with Crippen molar-refractivity contribution in [2.45, 2.75) is 11.8 Å². The second kappa shape index (κ2) is 12.8. The number of ether oxygens (including phenoxy) is 2. The average molecular weight is 429 g/mol. The summed E-state index contributed by atoms with van der Waals surface area (Å²) in [6.45, 7) is 1.46. The van der Waals surface area contributed by atoms with Crippen molar-refractivity contribution in [3.63, 3.8) is 0 Å². The van der Waals surface area contributed by atoms with Gasteiger partial charge in [-0.1, -0.05) is 6.07 Å². The van der Waals surface area contributed by atoms with E-state index in [1.54, 1.807) is 56.7 Å². The van der Waals surface area contributed by atoms with Gasteiger partial charge in [-0.3, -0.25) is 4.79 Å². The van der Waals surface area contributed by atoms with Crippen LogP contribution >= 0.6 is 12.6 Å². The highest BCUT2D eigenvalue weighted by Crippen LogP contribution is 2.25. The number of carbonyl (C=O) groups is 1. The van der Waals surface area contributed by atoms with Crippen molar-refractivity contribution in [3.8, 4) is 11.5 Å². The van der Waals surface area contributed by atoms with Crippen LogP contribution in [0.15, 0.2) is 71.6 Å². The van der Waals surface area contributed by atoms with Crippen LogP contribution in [0.5, 0.6) is 11.5 Å². The van der Waals surface area contributed by atoms with Crippen molar-refractivity contribution in [1.29, 1.82) is 0 Å². The first kappa shape index (κ1) is 24.5. The lowest BCUT2D eigenvalue weighted by Gasteiger charge is -2.05. The minimum absolute atomic E-state index is 0.0874. The molecule has 0 aliphatic carbocycles. The lowest BCUT2D eigenvalue weighted by molar-refractivity contribution is -0.114. The minimum atomic E-state index is -0.0874. The second-order valence-corrected chi connectivity index (χ2v) is 6.52. The maximum Gasteiger partial charge on any atom is 0.221 e. The van der Waals surface area contributed by atoms with Crippen LogP contribution in [0.3, 0.4) is 0 Å². The highest BCUT2D eigenvalue weighted by molar-refractivity contribution is 7.80. The Morgan fingerprint density at radius 2 is 1.53 bits per heavy atom. The predicted molar refractivity (Wildman–Crippen MR) is 127 cm³/mol. The van der Waals surface area contributed by atoms with E-state index in [-0.39, 0.29) is 5.91 Å². The van der Waals surface area contributed by atoms with Crippen molar-refractivity contribution < 1.29 is 14.3 Å². The Balaban J connectivity index is 0.000000228. The van der Waals surface area contributed by atoms with Crippen LogP contribution in [0.25, 0.3) is 0 Å². The van der Waals surface area contributed by atoms with Gasteiger partial charge in [0.1, 0.15) is 11.5 Å². The predicted octanol–water partition coefficient (Wildman–Crippen LogP) is 4.07. The molecule has 0 atom stereocenters. The van der Waals surface area contributed by atoms with E-state index in [4.69, 9.17) is 26.7 Å². The molecule has 3 aromatic carbocycles. The number of rotatable bonds is 3. The lowest BCUT2D eigenvalue weighted by atomic mass is 10.3. The van der Waals surface area contributed by atoms with E-state index < -0.39 is 0 Å². The molecule has 7 nitrogen and oxygen atoms in total. The third-order valence-electron chi connectivity index (χ3n) is 3.54. The van der Waals surface area contributed by atoms with Crippen LogP contribution in [-0.4, -0.2) is 20.1 Å². The molecule has 30 heavy (non-hydrogen) atoms. The Morgan fingerprint density at radius 1 is 0.867 bits per heavy atom. The molecule has 3 aromatic rings. The average Bonchev–Trinajstić information content (AvgIpc) is 2.71. The summed E-state index contributed by atoms with van der Waals surface area (Å²) in [4.78, 5) is 11.5. The molecule has 0 fully saturated rings. The molecule has 0 aliphatic heterocycles. The summed E-state index contributed by atoms with van der Waals surface area (Å²) in [5.74, 6) is 1.30. The molecule has 0 saturated heterocycles. The van der Waals surface area contributed by atoms with Gasteiger partial charge in [0, 0.05) is 34.9 Å². The van der Waals surface area contributed by atoms with Crippen LogP contribution < -0.4 is 32.0 Å². The highest BCUT2D eigenvalue weighted by Gasteiger charge is 1.99. The van der Waals surface area contributed by atoms with Crippen molar-refractivity contribution in [2.24, 2.45) is 0 Å². The van der Waals surface area contributed by atoms with Crippen molar-refractivity contribution in [3.05, 3.63) is 66.7 Å². The van der Waals surface area contributed by atoms with Gasteiger partial charge in [-0.2, -0.15) is 0 Å². The van der Waals surface area contributed by atoms with Crippen molar-refractivity contribution in [1.82, 2.24) is 0 Å². The molecule has 0 saturated carbocycles. The zero-order valence-electron chi connectivity index (χ0n) is 17.3. The number of benzene rings is 3. The number of thiol groups is 1. The van der Waals surface area contributed by atoms with Crippen LogP contribution in [0.2, 0.25) is 0 Å². The summed E-state index contributed by atoms with van der Waals surface area (Å²) in [5, 5.41) is 2.63. The van der Waals surface area contributed by atoms with Crippen LogP contribution in [0, 0.1) is 0 Å². The molecule has 3 rings (SSSR count). The van der Waals surface area contributed by atoms with E-state index in [9.17, 15) is 4.79 Å². The number of carbonyl (C=O) groups excluding carboxylic acids is 1. The standard InChI is InChI=1S/C8H10N2O.C8H11NO2.C6H7NS/c1-6(11)10-8-4-2-3-7(9)5-8;1-10-6-3-4-7(9)8(5-6)11-2;7-5-1-3-6(8)4-2-5/h2-5H,9H2,1H3,(H,10,11);3-5H,9H2,1-2H3;1-4,8H,7H2. The molecule has 0 heterocycles. The SMILES string of the molecule is CC(=O)Nc1cccc(N)c1.COc1ccc(N)c(OC)c1.Nc1ccc(S)cc1. The number of methoxy groups -OCH3 is 2. The first-order valence-electron chi connectivity index (χ1n) is 8.90. The third kappa shape index (κ3) is 9.61. The van der Waals surface area contributed by atoms with Crippen LogP contribution in [0.1, 0.15) is 6.92 Å². The molecule has 0 aliphatic rings. The van der Waals surface area contributed by atoms with Gasteiger partial charge in [-0.15, -0.1) is 12.6 Å². The van der Waals surface area contributed by atoms with Crippen LogP contribution in [-0.2, 0) is 4.79 Å². The fourth-order valence-corrected chi connectivity index (χ4v) is 2.26. The zero-order chi connectivity index (χ0) is 22.5. The van der Waals surface area contributed by atoms with E-state index in [2.05, 4.69) is 17.9 Å². The molecule has 0 bridgehead atoms. The number of nitrogens with two attached hydrogens (primary N) is 3. The number of nitrogen functional groups attached to an aromatic ring is 3. The molecular formula is C22H28N4O3S. The van der Waals surface area contributed by atoms with Crippen LogP contribution in [0.4, 0.5) is 22.7 Å². The largest absolute Gasteiger partial charge is 0.497 e.